The lowest BCUT2D eigenvalue weighted by Gasteiger charge is -2.17. The second kappa shape index (κ2) is 7.65. The van der Waals surface area contributed by atoms with Crippen molar-refractivity contribution >= 4 is 33.2 Å². The third-order valence-corrected chi connectivity index (χ3v) is 5.97. The van der Waals surface area contributed by atoms with Crippen molar-refractivity contribution in [3.05, 3.63) is 53.6 Å². The fourth-order valence-corrected chi connectivity index (χ4v) is 4.10. The topological polar surface area (TPSA) is 75.7 Å². The molecule has 0 radical (unpaired) electrons. The van der Waals surface area contributed by atoms with Crippen molar-refractivity contribution in [3.8, 4) is 5.75 Å². The Hall–Kier alpha value is -2.09. The maximum absolute atomic E-state index is 12.4. The summed E-state index contributed by atoms with van der Waals surface area (Å²) in [6.45, 7) is 0.662. The molecule has 26 heavy (non-hydrogen) atoms. The molecule has 2 aromatic carbocycles. The van der Waals surface area contributed by atoms with Gasteiger partial charge in [-0.05, 0) is 54.4 Å². The number of nitrogens with zero attached hydrogens (tertiary/aromatic N) is 1. The average molecular weight is 395 g/mol. The van der Waals surface area contributed by atoms with Crippen LogP contribution in [0.15, 0.2) is 53.4 Å². The largest absolute Gasteiger partial charge is 0.497 e. The second-order valence-corrected chi connectivity index (χ2v) is 8.28. The summed E-state index contributed by atoms with van der Waals surface area (Å²) in [5.74, 6) is 0.469. The Labute approximate surface area is 157 Å². The van der Waals surface area contributed by atoms with Crippen molar-refractivity contribution in [3.63, 3.8) is 0 Å². The van der Waals surface area contributed by atoms with Gasteiger partial charge in [0.15, 0.2) is 0 Å². The molecule has 6 nitrogen and oxygen atoms in total. The van der Waals surface area contributed by atoms with Crippen LogP contribution in [0, 0.1) is 5.92 Å². The van der Waals surface area contributed by atoms with Crippen LogP contribution in [-0.4, -0.2) is 34.5 Å². The van der Waals surface area contributed by atoms with E-state index in [1.54, 1.807) is 41.3 Å². The van der Waals surface area contributed by atoms with E-state index >= 15 is 0 Å². The van der Waals surface area contributed by atoms with E-state index < -0.39 is 10.0 Å². The fraction of sp³-hybridized carbons (Fsp3) is 0.278. The number of sulfonamides is 1. The van der Waals surface area contributed by atoms with Gasteiger partial charge in [-0.25, -0.2) is 13.1 Å². The van der Waals surface area contributed by atoms with Gasteiger partial charge in [-0.3, -0.25) is 4.79 Å². The molecule has 1 atom stereocenters. The summed E-state index contributed by atoms with van der Waals surface area (Å²) in [5, 5.41) is 0.601. The zero-order valence-electron chi connectivity index (χ0n) is 14.2. The number of halogens is 1. The van der Waals surface area contributed by atoms with Crippen molar-refractivity contribution in [2.24, 2.45) is 5.92 Å². The third-order valence-electron chi connectivity index (χ3n) is 4.28. The highest BCUT2D eigenvalue weighted by molar-refractivity contribution is 7.89. The van der Waals surface area contributed by atoms with E-state index in [2.05, 4.69) is 4.72 Å². The molecule has 0 bridgehead atoms. The Kier molecular flexibility index (Phi) is 5.50. The molecule has 2 aromatic rings. The molecule has 0 saturated carbocycles. The number of benzene rings is 2. The number of ether oxygens (including phenoxy) is 1. The molecule has 1 heterocycles. The van der Waals surface area contributed by atoms with Crippen molar-refractivity contribution in [2.75, 3.05) is 25.1 Å². The Bertz CT molecular complexity index is 882. The highest BCUT2D eigenvalue weighted by atomic mass is 35.5. The van der Waals surface area contributed by atoms with Crippen LogP contribution in [0.4, 0.5) is 5.69 Å². The average Bonchev–Trinajstić information content (AvgIpc) is 3.02. The summed E-state index contributed by atoms with van der Waals surface area (Å²) < 4.78 is 32.4. The molecule has 1 aliphatic rings. The molecule has 0 aliphatic carbocycles. The molecular weight excluding hydrogens is 376 g/mol. The summed E-state index contributed by atoms with van der Waals surface area (Å²) in [4.78, 5) is 14.1. The number of carbonyl (C=O) groups excluding carboxylic acids is 1. The van der Waals surface area contributed by atoms with Crippen molar-refractivity contribution in [2.45, 2.75) is 11.3 Å². The molecule has 1 fully saturated rings. The number of nitrogens with one attached hydrogen (secondary N) is 1. The van der Waals surface area contributed by atoms with Crippen molar-refractivity contribution in [1.29, 1.82) is 0 Å². The number of hydrogen-bond acceptors (Lipinski definition) is 4. The minimum Gasteiger partial charge on any atom is -0.497 e. The first kappa shape index (κ1) is 18.7. The molecule has 1 amide bonds. The van der Waals surface area contributed by atoms with Crippen LogP contribution < -0.4 is 14.4 Å². The molecule has 8 heteroatoms. The van der Waals surface area contributed by atoms with Gasteiger partial charge in [0, 0.05) is 30.2 Å². The standard InChI is InChI=1S/C18H19ClN2O4S/c1-25-16-6-8-17(9-7-16)26(23,24)20-11-13-10-18(22)21(12-13)15-4-2-14(19)3-5-15/h2-9,13,20H,10-12H2,1H3/t13-/m1/s1. The Balaban J connectivity index is 1.62. The number of amides is 1. The van der Waals surface area contributed by atoms with Gasteiger partial charge in [0.1, 0.15) is 5.75 Å². The Morgan fingerprint density at radius 3 is 2.42 bits per heavy atom. The summed E-state index contributed by atoms with van der Waals surface area (Å²) in [7, 11) is -2.11. The van der Waals surface area contributed by atoms with E-state index in [-0.39, 0.29) is 23.3 Å². The summed E-state index contributed by atoms with van der Waals surface area (Å²) in [6.07, 6.45) is 0.299. The van der Waals surface area contributed by atoms with E-state index in [1.165, 1.54) is 19.2 Å². The van der Waals surface area contributed by atoms with E-state index in [4.69, 9.17) is 16.3 Å². The Morgan fingerprint density at radius 1 is 1.15 bits per heavy atom. The zero-order chi connectivity index (χ0) is 18.7. The molecule has 138 valence electrons. The first-order valence-corrected chi connectivity index (χ1v) is 9.95. The van der Waals surface area contributed by atoms with Gasteiger partial charge in [-0.1, -0.05) is 11.6 Å². The van der Waals surface area contributed by atoms with E-state index in [0.717, 1.165) is 5.69 Å². The van der Waals surface area contributed by atoms with Crippen LogP contribution in [0.1, 0.15) is 6.42 Å². The van der Waals surface area contributed by atoms with Crippen LogP contribution in [0.2, 0.25) is 5.02 Å². The fourth-order valence-electron chi connectivity index (χ4n) is 2.85. The van der Waals surface area contributed by atoms with Crippen LogP contribution in [0.5, 0.6) is 5.75 Å². The minimum absolute atomic E-state index is 0.0269. The molecule has 1 aliphatic heterocycles. The SMILES string of the molecule is COc1ccc(S(=O)(=O)NC[C@H]2CC(=O)N(c3ccc(Cl)cc3)C2)cc1. The van der Waals surface area contributed by atoms with Gasteiger partial charge in [-0.2, -0.15) is 0 Å². The quantitative estimate of drug-likeness (QED) is 0.817. The van der Waals surface area contributed by atoms with Gasteiger partial charge in [0.25, 0.3) is 0 Å². The normalized spacial score (nSPS) is 17.5. The van der Waals surface area contributed by atoms with E-state index in [9.17, 15) is 13.2 Å². The lowest BCUT2D eigenvalue weighted by Crippen LogP contribution is -2.31. The van der Waals surface area contributed by atoms with Gasteiger partial charge in [0.2, 0.25) is 15.9 Å². The predicted octanol–water partition coefficient (Wildman–Crippen LogP) is 2.68. The summed E-state index contributed by atoms with van der Waals surface area (Å²) >= 11 is 5.87. The van der Waals surface area contributed by atoms with Crippen LogP contribution in [0.3, 0.4) is 0 Å². The van der Waals surface area contributed by atoms with Crippen molar-refractivity contribution in [1.82, 2.24) is 4.72 Å². The maximum atomic E-state index is 12.4. The molecule has 0 spiro atoms. The highest BCUT2D eigenvalue weighted by Gasteiger charge is 2.31. The molecule has 1 saturated heterocycles. The number of methoxy groups -OCH3 is 1. The van der Waals surface area contributed by atoms with E-state index in [1.807, 2.05) is 0 Å². The first-order valence-electron chi connectivity index (χ1n) is 8.09. The van der Waals surface area contributed by atoms with Crippen LogP contribution >= 0.6 is 11.6 Å². The monoisotopic (exact) mass is 394 g/mol. The zero-order valence-corrected chi connectivity index (χ0v) is 15.8. The van der Waals surface area contributed by atoms with Crippen molar-refractivity contribution < 1.29 is 17.9 Å². The second-order valence-electron chi connectivity index (χ2n) is 6.08. The van der Waals surface area contributed by atoms with Gasteiger partial charge >= 0.3 is 0 Å². The van der Waals surface area contributed by atoms with Crippen LogP contribution in [0.25, 0.3) is 0 Å². The Morgan fingerprint density at radius 2 is 1.81 bits per heavy atom. The smallest absolute Gasteiger partial charge is 0.240 e. The summed E-state index contributed by atoms with van der Waals surface area (Å²) in [6, 6.07) is 13.2. The summed E-state index contributed by atoms with van der Waals surface area (Å²) in [5.41, 5.74) is 0.764. The van der Waals surface area contributed by atoms with Crippen LogP contribution in [-0.2, 0) is 14.8 Å². The van der Waals surface area contributed by atoms with E-state index in [0.29, 0.717) is 23.7 Å². The van der Waals surface area contributed by atoms with Gasteiger partial charge in [-0.15, -0.1) is 0 Å². The molecular formula is C18H19ClN2O4S. The number of rotatable bonds is 6. The first-order chi connectivity index (χ1) is 12.4. The predicted molar refractivity (Wildman–Crippen MR) is 100 cm³/mol. The molecule has 0 unspecified atom stereocenters. The number of anilines is 1. The number of hydrogen-bond donors (Lipinski definition) is 1. The third kappa shape index (κ3) is 4.17. The lowest BCUT2D eigenvalue weighted by atomic mass is 10.1. The molecule has 1 N–H and O–H groups in total. The number of carbonyl (C=O) groups is 1. The maximum Gasteiger partial charge on any atom is 0.240 e. The lowest BCUT2D eigenvalue weighted by molar-refractivity contribution is -0.117. The van der Waals surface area contributed by atoms with Gasteiger partial charge in [0.05, 0.1) is 12.0 Å². The molecule has 3 rings (SSSR count). The molecule has 0 aromatic heterocycles. The van der Waals surface area contributed by atoms with Gasteiger partial charge < -0.3 is 9.64 Å². The minimum atomic E-state index is -3.63. The highest BCUT2D eigenvalue weighted by Crippen LogP contribution is 2.26.